The van der Waals surface area contributed by atoms with E-state index in [1.54, 1.807) is 0 Å². The third-order valence-electron chi connectivity index (χ3n) is 4.15. The molecule has 3 rings (SSSR count). The third kappa shape index (κ3) is 2.94. The molecule has 0 aromatic heterocycles. The number of rotatable bonds is 3. The van der Waals surface area contributed by atoms with Crippen LogP contribution in [0.1, 0.15) is 12.8 Å². The van der Waals surface area contributed by atoms with Crippen LogP contribution >= 0.6 is 0 Å². The Balaban J connectivity index is 1.51. The van der Waals surface area contributed by atoms with E-state index in [9.17, 15) is 14.4 Å². The normalized spacial score (nSPS) is 20.5. The summed E-state index contributed by atoms with van der Waals surface area (Å²) in [6.07, 6.45) is 1.03. The van der Waals surface area contributed by atoms with Crippen molar-refractivity contribution in [2.45, 2.75) is 18.4 Å². The number of hydrogen-bond acceptors (Lipinski definition) is 4. The topological polar surface area (TPSA) is 90.5 Å². The molecule has 0 atom stereocenters. The number of urea groups is 1. The van der Waals surface area contributed by atoms with Crippen LogP contribution in [0.4, 0.5) is 10.5 Å². The maximum Gasteiger partial charge on any atom is 0.322 e. The van der Waals surface area contributed by atoms with Gasteiger partial charge in [0.25, 0.3) is 5.91 Å². The number of benzene rings is 1. The van der Waals surface area contributed by atoms with Crippen LogP contribution in [0.3, 0.4) is 0 Å². The van der Waals surface area contributed by atoms with Crippen molar-refractivity contribution in [2.75, 3.05) is 25.0 Å². The largest absolute Gasteiger partial charge is 0.325 e. The number of carbonyl (C=O) groups is 3. The minimum absolute atomic E-state index is 0.0814. The highest BCUT2D eigenvalue weighted by Crippen LogP contribution is 2.25. The number of amides is 4. The fourth-order valence-electron chi connectivity index (χ4n) is 2.90. The summed E-state index contributed by atoms with van der Waals surface area (Å²) in [4.78, 5) is 37.1. The van der Waals surface area contributed by atoms with Gasteiger partial charge in [-0.3, -0.25) is 19.8 Å². The Kier molecular flexibility index (Phi) is 3.81. The lowest BCUT2D eigenvalue weighted by molar-refractivity contribution is -0.125. The van der Waals surface area contributed by atoms with Gasteiger partial charge >= 0.3 is 6.03 Å². The highest BCUT2D eigenvalue weighted by atomic mass is 16.2. The van der Waals surface area contributed by atoms with Gasteiger partial charge in [0, 0.05) is 18.8 Å². The first-order chi connectivity index (χ1) is 10.6. The first kappa shape index (κ1) is 14.5. The van der Waals surface area contributed by atoms with Crippen molar-refractivity contribution in [2.24, 2.45) is 0 Å². The van der Waals surface area contributed by atoms with Gasteiger partial charge in [-0.05, 0) is 25.0 Å². The van der Waals surface area contributed by atoms with Crippen molar-refractivity contribution < 1.29 is 14.4 Å². The molecule has 22 heavy (non-hydrogen) atoms. The number of anilines is 1. The molecule has 1 aromatic rings. The van der Waals surface area contributed by atoms with E-state index in [4.69, 9.17) is 0 Å². The molecule has 1 spiro atoms. The van der Waals surface area contributed by atoms with Gasteiger partial charge in [0.1, 0.15) is 5.54 Å². The van der Waals surface area contributed by atoms with Gasteiger partial charge in [0.2, 0.25) is 5.91 Å². The van der Waals surface area contributed by atoms with E-state index in [0.29, 0.717) is 25.9 Å². The van der Waals surface area contributed by atoms with Crippen molar-refractivity contribution in [3.8, 4) is 0 Å². The number of likely N-dealkylation sites (tertiary alicyclic amines) is 1. The van der Waals surface area contributed by atoms with Crippen LogP contribution in [-0.4, -0.2) is 47.9 Å². The highest BCUT2D eigenvalue weighted by molar-refractivity contribution is 6.07. The van der Waals surface area contributed by atoms with E-state index in [1.807, 2.05) is 35.2 Å². The van der Waals surface area contributed by atoms with E-state index in [1.165, 1.54) is 0 Å². The molecule has 0 saturated carbocycles. The van der Waals surface area contributed by atoms with Crippen molar-refractivity contribution in [3.63, 3.8) is 0 Å². The van der Waals surface area contributed by atoms with Crippen LogP contribution < -0.4 is 16.0 Å². The number of carbonyl (C=O) groups excluding carboxylic acids is 3. The van der Waals surface area contributed by atoms with Gasteiger partial charge in [0.15, 0.2) is 0 Å². The fraction of sp³-hybridized carbons (Fsp3) is 0.400. The van der Waals surface area contributed by atoms with Gasteiger partial charge in [-0.2, -0.15) is 0 Å². The van der Waals surface area contributed by atoms with E-state index >= 15 is 0 Å². The molecule has 2 heterocycles. The molecule has 116 valence electrons. The quantitative estimate of drug-likeness (QED) is 0.700. The number of piperidine rings is 1. The van der Waals surface area contributed by atoms with Crippen molar-refractivity contribution in [3.05, 3.63) is 30.3 Å². The van der Waals surface area contributed by atoms with E-state index in [2.05, 4.69) is 16.0 Å². The van der Waals surface area contributed by atoms with E-state index in [-0.39, 0.29) is 18.4 Å². The lowest BCUT2D eigenvalue weighted by atomic mass is 9.88. The van der Waals surface area contributed by atoms with E-state index < -0.39 is 11.6 Å². The van der Waals surface area contributed by atoms with Crippen LogP contribution in [0.25, 0.3) is 0 Å². The Morgan fingerprint density at radius 2 is 1.86 bits per heavy atom. The SMILES string of the molecule is O=C(CN1CCC2(CC1)NC(=O)NC2=O)Nc1ccccc1. The second-order valence-corrected chi connectivity index (χ2v) is 5.68. The minimum atomic E-state index is -0.788. The summed E-state index contributed by atoms with van der Waals surface area (Å²) in [5.41, 5.74) is -0.0212. The maximum atomic E-state index is 12.0. The average Bonchev–Trinajstić information content (AvgIpc) is 2.77. The Bertz CT molecular complexity index is 594. The molecule has 0 radical (unpaired) electrons. The summed E-state index contributed by atoms with van der Waals surface area (Å²) in [6, 6.07) is 8.85. The Labute approximate surface area is 128 Å². The zero-order valence-electron chi connectivity index (χ0n) is 12.1. The van der Waals surface area contributed by atoms with Crippen LogP contribution in [0, 0.1) is 0 Å². The predicted octanol–water partition coefficient (Wildman–Crippen LogP) is 0.299. The fourth-order valence-corrected chi connectivity index (χ4v) is 2.90. The summed E-state index contributed by atoms with van der Waals surface area (Å²) in [5.74, 6) is -0.340. The molecule has 2 fully saturated rings. The number of para-hydroxylation sites is 1. The number of hydrogen-bond donors (Lipinski definition) is 3. The Hall–Kier alpha value is -2.41. The first-order valence-electron chi connectivity index (χ1n) is 7.28. The predicted molar refractivity (Wildman–Crippen MR) is 80.2 cm³/mol. The van der Waals surface area contributed by atoms with Crippen LogP contribution in [0.5, 0.6) is 0 Å². The smallest absolute Gasteiger partial charge is 0.322 e. The van der Waals surface area contributed by atoms with Gasteiger partial charge in [-0.15, -0.1) is 0 Å². The van der Waals surface area contributed by atoms with Gasteiger partial charge in [-0.1, -0.05) is 18.2 Å². The standard InChI is InChI=1S/C15H18N4O3/c20-12(16-11-4-2-1-3-5-11)10-19-8-6-15(7-9-19)13(21)17-14(22)18-15/h1-5H,6-10H2,(H,16,20)(H2,17,18,21,22). The summed E-state index contributed by atoms with van der Waals surface area (Å²) < 4.78 is 0. The van der Waals surface area contributed by atoms with Crippen LogP contribution in [0.2, 0.25) is 0 Å². The van der Waals surface area contributed by atoms with E-state index in [0.717, 1.165) is 5.69 Å². The van der Waals surface area contributed by atoms with Crippen molar-refractivity contribution >= 4 is 23.5 Å². The molecule has 1 aromatic carbocycles. The van der Waals surface area contributed by atoms with Crippen molar-refractivity contribution in [1.82, 2.24) is 15.5 Å². The molecule has 2 aliphatic heterocycles. The number of imide groups is 1. The molecule has 2 aliphatic rings. The monoisotopic (exact) mass is 302 g/mol. The zero-order chi connectivity index (χ0) is 15.6. The lowest BCUT2D eigenvalue weighted by Gasteiger charge is -2.36. The third-order valence-corrected chi connectivity index (χ3v) is 4.15. The van der Waals surface area contributed by atoms with Gasteiger partial charge in [-0.25, -0.2) is 4.79 Å². The summed E-state index contributed by atoms with van der Waals surface area (Å²) >= 11 is 0. The zero-order valence-corrected chi connectivity index (χ0v) is 12.1. The molecule has 7 heteroatoms. The maximum absolute atomic E-state index is 12.0. The second kappa shape index (κ2) is 5.76. The molecule has 0 aliphatic carbocycles. The van der Waals surface area contributed by atoms with Crippen LogP contribution in [0.15, 0.2) is 30.3 Å². The Morgan fingerprint density at radius 1 is 1.18 bits per heavy atom. The first-order valence-corrected chi connectivity index (χ1v) is 7.28. The van der Waals surface area contributed by atoms with Gasteiger partial charge in [0.05, 0.1) is 6.54 Å². The van der Waals surface area contributed by atoms with Gasteiger partial charge < -0.3 is 10.6 Å². The number of nitrogens with one attached hydrogen (secondary N) is 3. The summed E-state index contributed by atoms with van der Waals surface area (Å²) in [5, 5.41) is 7.82. The molecular weight excluding hydrogens is 284 g/mol. The molecule has 0 bridgehead atoms. The van der Waals surface area contributed by atoms with Crippen molar-refractivity contribution in [1.29, 1.82) is 0 Å². The molecule has 4 amide bonds. The average molecular weight is 302 g/mol. The molecular formula is C15H18N4O3. The summed E-state index contributed by atoms with van der Waals surface area (Å²) in [6.45, 7) is 1.46. The Morgan fingerprint density at radius 3 is 2.45 bits per heavy atom. The van der Waals surface area contributed by atoms with Crippen LogP contribution in [-0.2, 0) is 9.59 Å². The molecule has 7 nitrogen and oxygen atoms in total. The molecule has 3 N–H and O–H groups in total. The minimum Gasteiger partial charge on any atom is -0.325 e. The molecule has 0 unspecified atom stereocenters. The number of nitrogens with zero attached hydrogens (tertiary/aromatic N) is 1. The summed E-state index contributed by atoms with van der Waals surface area (Å²) in [7, 11) is 0. The molecule has 2 saturated heterocycles. The highest BCUT2D eigenvalue weighted by Gasteiger charge is 2.47. The second-order valence-electron chi connectivity index (χ2n) is 5.68. The lowest BCUT2D eigenvalue weighted by Crippen LogP contribution is -2.55.